The molecule has 0 saturated carbocycles. The Morgan fingerprint density at radius 2 is 0.711 bits per heavy atom. The minimum absolute atomic E-state index is 0. The second kappa shape index (κ2) is 16.3. The Morgan fingerprint density at radius 1 is 0.511 bits per heavy atom. The van der Waals surface area contributed by atoms with Crippen LogP contribution in [0.4, 0.5) is 0 Å². The quantitative estimate of drug-likeness (QED) is 0.160. The van der Waals surface area contributed by atoms with Crippen LogP contribution in [0.25, 0.3) is 0 Å². The Balaban J connectivity index is 0.000000842. The maximum absolute atomic E-state index is 11.4. The maximum Gasteiger partial charge on any atom is 0.329 e. The van der Waals surface area contributed by atoms with Crippen molar-refractivity contribution < 1.29 is 38.2 Å². The van der Waals surface area contributed by atoms with E-state index in [-0.39, 0.29) is 71.7 Å². The zero-order valence-electron chi connectivity index (χ0n) is 30.2. The van der Waals surface area contributed by atoms with Crippen LogP contribution in [0, 0.1) is 0 Å². The normalized spacial score (nSPS) is 13.0. The number of ether oxygens (including phenoxy) is 2. The molecule has 8 nitrogen and oxygen atoms in total. The molecule has 4 N–H and O–H groups in total. The van der Waals surface area contributed by atoms with E-state index in [1.807, 2.05) is 38.1 Å². The zero-order chi connectivity index (χ0) is 34.7. The predicted octanol–water partition coefficient (Wildman–Crippen LogP) is 8.34. The molecular formula is C34H58CaO8P2. The molecule has 0 saturated heterocycles. The van der Waals surface area contributed by atoms with Crippen LogP contribution >= 0.6 is 15.2 Å². The summed E-state index contributed by atoms with van der Waals surface area (Å²) in [6.07, 6.45) is -0.489. The fourth-order valence-corrected chi connectivity index (χ4v) is 6.18. The molecule has 11 heteroatoms. The second-order valence-corrected chi connectivity index (χ2v) is 18.8. The van der Waals surface area contributed by atoms with E-state index in [2.05, 4.69) is 83.1 Å². The molecule has 0 atom stereocenters. The first kappa shape index (κ1) is 44.6. The third-order valence-electron chi connectivity index (χ3n) is 6.88. The van der Waals surface area contributed by atoms with Gasteiger partial charge in [-0.25, -0.2) is 0 Å². The molecule has 0 unspecified atom stereocenters. The zero-order valence-corrected chi connectivity index (χ0v) is 34.2. The maximum atomic E-state index is 11.4. The van der Waals surface area contributed by atoms with E-state index < -0.39 is 15.2 Å². The summed E-state index contributed by atoms with van der Waals surface area (Å²) in [6.45, 7) is 30.0. The van der Waals surface area contributed by atoms with Gasteiger partial charge in [-0.1, -0.05) is 107 Å². The smallest absolute Gasteiger partial charge is 0.329 e. The van der Waals surface area contributed by atoms with Crippen molar-refractivity contribution in [3.63, 3.8) is 0 Å². The van der Waals surface area contributed by atoms with Crippen molar-refractivity contribution in [1.82, 2.24) is 0 Å². The molecule has 0 aromatic heterocycles. The van der Waals surface area contributed by atoms with Crippen molar-refractivity contribution in [2.75, 3.05) is 13.2 Å². The first-order chi connectivity index (χ1) is 19.5. The first-order valence-corrected chi connectivity index (χ1v) is 18.8. The van der Waals surface area contributed by atoms with Crippen molar-refractivity contribution >= 4 is 52.9 Å². The number of hydrogen-bond donors (Lipinski definition) is 4. The fourth-order valence-electron chi connectivity index (χ4n) is 4.86. The standard InChI is InChI=1S/2C17H29O4P.Ca/c2*1-8-21-15-13(16(2,3)4)9-12(11-22(18,19)20)10-14(15)17(5,6)7;/h2*9-10H,8,11H2,1-7H3,(H2,18,19,20);. The van der Waals surface area contributed by atoms with Crippen LogP contribution in [-0.4, -0.2) is 70.5 Å². The van der Waals surface area contributed by atoms with Crippen LogP contribution in [0.15, 0.2) is 24.3 Å². The molecule has 45 heavy (non-hydrogen) atoms. The minimum Gasteiger partial charge on any atom is -0.493 e. The summed E-state index contributed by atoms with van der Waals surface area (Å²) in [4.78, 5) is 37.2. The van der Waals surface area contributed by atoms with Gasteiger partial charge in [-0.2, -0.15) is 0 Å². The number of rotatable bonds is 8. The van der Waals surface area contributed by atoms with Gasteiger partial charge in [0.1, 0.15) is 11.5 Å². The first-order valence-electron chi connectivity index (χ1n) is 15.2. The minimum atomic E-state index is -4.10. The Hall–Kier alpha value is -0.400. The molecule has 2 aromatic carbocycles. The van der Waals surface area contributed by atoms with Gasteiger partial charge in [-0.15, -0.1) is 0 Å². The topological polar surface area (TPSA) is 134 Å². The van der Waals surface area contributed by atoms with E-state index in [0.717, 1.165) is 33.8 Å². The van der Waals surface area contributed by atoms with E-state index in [4.69, 9.17) is 9.47 Å². The van der Waals surface area contributed by atoms with Crippen LogP contribution in [0.5, 0.6) is 11.5 Å². The van der Waals surface area contributed by atoms with Gasteiger partial charge in [0.2, 0.25) is 0 Å². The van der Waals surface area contributed by atoms with Gasteiger partial charge in [0.25, 0.3) is 0 Å². The van der Waals surface area contributed by atoms with Gasteiger partial charge >= 0.3 is 15.2 Å². The summed E-state index contributed by atoms with van der Waals surface area (Å²) < 4.78 is 34.6. The van der Waals surface area contributed by atoms with Crippen LogP contribution in [-0.2, 0) is 43.1 Å². The van der Waals surface area contributed by atoms with Gasteiger partial charge in [-0.3, -0.25) is 9.13 Å². The third kappa shape index (κ3) is 14.7. The van der Waals surface area contributed by atoms with E-state index >= 15 is 0 Å². The largest absolute Gasteiger partial charge is 0.493 e. The summed E-state index contributed by atoms with van der Waals surface area (Å²) in [5, 5.41) is 0. The van der Waals surface area contributed by atoms with Gasteiger partial charge in [0.15, 0.2) is 0 Å². The average Bonchev–Trinajstić information content (AvgIpc) is 2.76. The van der Waals surface area contributed by atoms with Crippen molar-refractivity contribution in [2.45, 2.75) is 131 Å². The van der Waals surface area contributed by atoms with Crippen LogP contribution in [0.3, 0.4) is 0 Å². The van der Waals surface area contributed by atoms with E-state index in [0.29, 0.717) is 24.3 Å². The molecule has 2 radical (unpaired) electrons. The Bertz CT molecular complexity index is 1190. The van der Waals surface area contributed by atoms with Crippen LogP contribution in [0.1, 0.15) is 130 Å². The molecule has 0 aliphatic rings. The SMILES string of the molecule is CCOc1c(C(C)(C)C)cc(CP(=O)(O)O)cc1C(C)(C)C.CCOc1c(C(C)(C)C)cc(CP(=O)(O)O)cc1C(C)(C)C.[Ca]. The number of benzene rings is 2. The summed E-state index contributed by atoms with van der Waals surface area (Å²) in [5.41, 5.74) is 4.60. The fraction of sp³-hybridized carbons (Fsp3) is 0.647. The Labute approximate surface area is 302 Å². The van der Waals surface area contributed by atoms with Gasteiger partial charge in [-0.05, 0) is 46.6 Å². The Kier molecular flexibility index (Phi) is 16.2. The molecule has 254 valence electrons. The monoisotopic (exact) mass is 696 g/mol. The van der Waals surface area contributed by atoms with Crippen molar-refractivity contribution in [1.29, 1.82) is 0 Å². The molecule has 0 bridgehead atoms. The summed E-state index contributed by atoms with van der Waals surface area (Å²) in [6, 6.07) is 7.50. The van der Waals surface area contributed by atoms with Crippen molar-refractivity contribution in [3.8, 4) is 11.5 Å². The van der Waals surface area contributed by atoms with Crippen LogP contribution in [0.2, 0.25) is 0 Å². The molecule has 0 heterocycles. The molecule has 0 amide bonds. The predicted molar refractivity (Wildman–Crippen MR) is 187 cm³/mol. The van der Waals surface area contributed by atoms with E-state index in [9.17, 15) is 28.7 Å². The van der Waals surface area contributed by atoms with Crippen LogP contribution < -0.4 is 9.47 Å². The molecule has 0 aliphatic carbocycles. The average molecular weight is 697 g/mol. The third-order valence-corrected chi connectivity index (χ3v) is 8.44. The summed E-state index contributed by atoms with van der Waals surface area (Å²) in [5.74, 6) is 1.69. The molecule has 2 aromatic rings. The van der Waals surface area contributed by atoms with Crippen molar-refractivity contribution in [2.24, 2.45) is 0 Å². The van der Waals surface area contributed by atoms with Gasteiger partial charge in [0.05, 0.1) is 25.5 Å². The van der Waals surface area contributed by atoms with E-state index in [1.54, 1.807) is 0 Å². The summed E-state index contributed by atoms with van der Waals surface area (Å²) >= 11 is 0. The van der Waals surface area contributed by atoms with E-state index in [1.165, 1.54) is 0 Å². The molecular weight excluding hydrogens is 638 g/mol. The Morgan fingerprint density at radius 3 is 0.844 bits per heavy atom. The molecule has 2 rings (SSSR count). The van der Waals surface area contributed by atoms with Gasteiger partial charge < -0.3 is 29.0 Å². The second-order valence-electron chi connectivity index (χ2n) is 15.6. The molecule has 0 fully saturated rings. The number of hydrogen-bond acceptors (Lipinski definition) is 4. The van der Waals surface area contributed by atoms with Gasteiger partial charge in [0, 0.05) is 60.0 Å². The summed E-state index contributed by atoms with van der Waals surface area (Å²) in [7, 11) is -8.21. The molecule has 0 spiro atoms. The van der Waals surface area contributed by atoms with Crippen molar-refractivity contribution in [3.05, 3.63) is 57.6 Å². The molecule has 0 aliphatic heterocycles.